The highest BCUT2D eigenvalue weighted by atomic mass is 35.5. The van der Waals surface area contributed by atoms with Crippen molar-refractivity contribution < 1.29 is 9.53 Å². The number of carbonyl (C=O) groups is 1. The molecule has 4 nitrogen and oxygen atoms in total. The second-order valence-electron chi connectivity index (χ2n) is 5.01. The summed E-state index contributed by atoms with van der Waals surface area (Å²) in [6.45, 7) is 3.74. The van der Waals surface area contributed by atoms with Crippen molar-refractivity contribution in [2.45, 2.75) is 13.8 Å². The maximum absolute atomic E-state index is 12.3. The van der Waals surface area contributed by atoms with Gasteiger partial charge in [0, 0.05) is 12.7 Å². The molecule has 23 heavy (non-hydrogen) atoms. The van der Waals surface area contributed by atoms with Gasteiger partial charge in [-0.25, -0.2) is 0 Å². The molecule has 0 unspecified atom stereocenters. The van der Waals surface area contributed by atoms with Gasteiger partial charge in [0.2, 0.25) is 5.88 Å². The average Bonchev–Trinajstić information content (AvgIpc) is 2.51. The molecule has 0 spiro atoms. The standard InChI is InChI=1S/C16H15Cl3N2O2/c1-9-5-4-6-13(10(9)2)21(3)14(22)8-23-16-12(18)7-11(17)15(19)20-16/h4-7H,8H2,1-3H3. The molecule has 2 rings (SSSR count). The van der Waals surface area contributed by atoms with Gasteiger partial charge in [-0.15, -0.1) is 0 Å². The summed E-state index contributed by atoms with van der Waals surface area (Å²) in [6.07, 6.45) is 0. The van der Waals surface area contributed by atoms with Crippen LogP contribution in [0.3, 0.4) is 0 Å². The number of hydrogen-bond acceptors (Lipinski definition) is 3. The molecule has 0 saturated heterocycles. The summed E-state index contributed by atoms with van der Waals surface area (Å²) < 4.78 is 5.37. The fraction of sp³-hybridized carbons (Fsp3) is 0.250. The van der Waals surface area contributed by atoms with E-state index in [1.54, 1.807) is 7.05 Å². The Labute approximate surface area is 149 Å². The number of hydrogen-bond donors (Lipinski definition) is 0. The number of anilines is 1. The number of benzene rings is 1. The molecule has 7 heteroatoms. The van der Waals surface area contributed by atoms with E-state index in [9.17, 15) is 4.79 Å². The van der Waals surface area contributed by atoms with E-state index in [1.165, 1.54) is 11.0 Å². The van der Waals surface area contributed by atoms with Gasteiger partial charge in [-0.05, 0) is 37.1 Å². The monoisotopic (exact) mass is 372 g/mol. The fourth-order valence-electron chi connectivity index (χ4n) is 1.99. The Kier molecular flexibility index (Phi) is 5.74. The van der Waals surface area contributed by atoms with Crippen molar-refractivity contribution in [2.75, 3.05) is 18.6 Å². The predicted molar refractivity (Wildman–Crippen MR) is 94.1 cm³/mol. The van der Waals surface area contributed by atoms with Crippen molar-refractivity contribution >= 4 is 46.4 Å². The van der Waals surface area contributed by atoms with Crippen molar-refractivity contribution in [1.29, 1.82) is 0 Å². The van der Waals surface area contributed by atoms with E-state index in [1.807, 2.05) is 32.0 Å². The Morgan fingerprint density at radius 1 is 1.22 bits per heavy atom. The Bertz CT molecular complexity index is 750. The van der Waals surface area contributed by atoms with Gasteiger partial charge in [0.25, 0.3) is 5.91 Å². The Balaban J connectivity index is 2.10. The first-order valence-electron chi connectivity index (χ1n) is 6.78. The van der Waals surface area contributed by atoms with Crippen molar-refractivity contribution in [3.63, 3.8) is 0 Å². The van der Waals surface area contributed by atoms with E-state index >= 15 is 0 Å². The molecule has 0 atom stereocenters. The van der Waals surface area contributed by atoms with Crippen LogP contribution >= 0.6 is 34.8 Å². The van der Waals surface area contributed by atoms with Gasteiger partial charge in [0.05, 0.1) is 5.02 Å². The molecule has 0 bridgehead atoms. The lowest BCUT2D eigenvalue weighted by molar-refractivity contribution is -0.120. The number of amides is 1. The maximum Gasteiger partial charge on any atom is 0.264 e. The molecule has 1 heterocycles. The number of carbonyl (C=O) groups excluding carboxylic acids is 1. The number of aryl methyl sites for hydroxylation is 1. The van der Waals surface area contributed by atoms with E-state index in [0.717, 1.165) is 16.8 Å². The number of nitrogens with zero attached hydrogens (tertiary/aromatic N) is 2. The van der Waals surface area contributed by atoms with Gasteiger partial charge in [-0.1, -0.05) is 46.9 Å². The van der Waals surface area contributed by atoms with Gasteiger partial charge in [0.1, 0.15) is 5.02 Å². The van der Waals surface area contributed by atoms with Crippen molar-refractivity contribution in [2.24, 2.45) is 0 Å². The molecule has 1 aromatic carbocycles. The van der Waals surface area contributed by atoms with E-state index in [2.05, 4.69) is 4.98 Å². The first-order valence-corrected chi connectivity index (χ1v) is 7.91. The maximum atomic E-state index is 12.3. The van der Waals surface area contributed by atoms with Crippen LogP contribution in [0.4, 0.5) is 5.69 Å². The molecular weight excluding hydrogens is 359 g/mol. The van der Waals surface area contributed by atoms with E-state index in [0.29, 0.717) is 0 Å². The minimum absolute atomic E-state index is 0.0707. The van der Waals surface area contributed by atoms with Crippen LogP contribution in [0.2, 0.25) is 15.2 Å². The number of aromatic nitrogens is 1. The van der Waals surface area contributed by atoms with Gasteiger partial charge in [-0.3, -0.25) is 4.79 Å². The summed E-state index contributed by atoms with van der Waals surface area (Å²) in [7, 11) is 1.69. The Morgan fingerprint density at radius 2 is 1.91 bits per heavy atom. The largest absolute Gasteiger partial charge is 0.466 e. The average molecular weight is 374 g/mol. The van der Waals surface area contributed by atoms with E-state index in [4.69, 9.17) is 39.5 Å². The molecule has 2 aromatic rings. The number of pyridine rings is 1. The third-order valence-corrected chi connectivity index (χ3v) is 4.44. The lowest BCUT2D eigenvalue weighted by atomic mass is 10.1. The molecule has 0 fully saturated rings. The SMILES string of the molecule is Cc1cccc(N(C)C(=O)COc2nc(Cl)c(Cl)cc2Cl)c1C. The zero-order valence-electron chi connectivity index (χ0n) is 12.9. The van der Waals surface area contributed by atoms with Crippen LogP contribution in [0, 0.1) is 13.8 Å². The molecule has 0 N–H and O–H groups in total. The predicted octanol–water partition coefficient (Wildman–Crippen LogP) is 4.70. The number of halogens is 3. The Morgan fingerprint density at radius 3 is 2.61 bits per heavy atom. The van der Waals surface area contributed by atoms with Crippen LogP contribution in [0.25, 0.3) is 0 Å². The summed E-state index contributed by atoms with van der Waals surface area (Å²) in [4.78, 5) is 17.8. The third kappa shape index (κ3) is 4.08. The smallest absolute Gasteiger partial charge is 0.264 e. The lowest BCUT2D eigenvalue weighted by Gasteiger charge is -2.20. The summed E-state index contributed by atoms with van der Waals surface area (Å²) >= 11 is 17.6. The quantitative estimate of drug-likeness (QED) is 0.729. The normalized spacial score (nSPS) is 10.5. The molecule has 0 radical (unpaired) electrons. The second kappa shape index (κ2) is 7.39. The van der Waals surface area contributed by atoms with Gasteiger partial charge in [0.15, 0.2) is 11.8 Å². The third-order valence-electron chi connectivity index (χ3n) is 3.50. The van der Waals surface area contributed by atoms with Crippen molar-refractivity contribution in [1.82, 2.24) is 4.98 Å². The molecule has 122 valence electrons. The number of ether oxygens (including phenoxy) is 1. The molecule has 1 aromatic heterocycles. The second-order valence-corrected chi connectivity index (χ2v) is 6.18. The first-order chi connectivity index (χ1) is 10.8. The highest BCUT2D eigenvalue weighted by Crippen LogP contribution is 2.30. The molecule has 0 aliphatic heterocycles. The van der Waals surface area contributed by atoms with Crippen LogP contribution in [0.15, 0.2) is 24.3 Å². The highest BCUT2D eigenvalue weighted by molar-refractivity contribution is 6.42. The van der Waals surface area contributed by atoms with Crippen LogP contribution < -0.4 is 9.64 Å². The van der Waals surface area contributed by atoms with Gasteiger partial charge < -0.3 is 9.64 Å². The van der Waals surface area contributed by atoms with Crippen molar-refractivity contribution in [3.8, 4) is 5.88 Å². The summed E-state index contributed by atoms with van der Waals surface area (Å²) in [5.41, 5.74) is 2.97. The van der Waals surface area contributed by atoms with Crippen LogP contribution in [-0.2, 0) is 4.79 Å². The zero-order chi connectivity index (χ0) is 17.1. The summed E-state index contributed by atoms with van der Waals surface area (Å²) in [5.74, 6) is -0.161. The molecular formula is C16H15Cl3N2O2. The molecule has 0 aliphatic rings. The molecule has 0 saturated carbocycles. The van der Waals surface area contributed by atoms with Crippen LogP contribution in [0.1, 0.15) is 11.1 Å². The van der Waals surface area contributed by atoms with Gasteiger partial charge >= 0.3 is 0 Å². The minimum atomic E-state index is -0.234. The number of likely N-dealkylation sites (N-methyl/N-ethyl adjacent to an activating group) is 1. The Hall–Kier alpha value is -1.49. The minimum Gasteiger partial charge on any atom is -0.466 e. The lowest BCUT2D eigenvalue weighted by Crippen LogP contribution is -2.32. The number of rotatable bonds is 4. The zero-order valence-corrected chi connectivity index (χ0v) is 15.1. The highest BCUT2D eigenvalue weighted by Gasteiger charge is 2.16. The fourth-order valence-corrected chi connectivity index (χ4v) is 2.53. The summed E-state index contributed by atoms with van der Waals surface area (Å²) in [5, 5.41) is 0.492. The van der Waals surface area contributed by atoms with Crippen molar-refractivity contribution in [3.05, 3.63) is 50.6 Å². The van der Waals surface area contributed by atoms with Gasteiger partial charge in [-0.2, -0.15) is 4.98 Å². The van der Waals surface area contributed by atoms with E-state index in [-0.39, 0.29) is 33.6 Å². The van der Waals surface area contributed by atoms with Crippen LogP contribution in [0.5, 0.6) is 5.88 Å². The molecule has 1 amide bonds. The molecule has 0 aliphatic carbocycles. The first kappa shape index (κ1) is 17.9. The summed E-state index contributed by atoms with van der Waals surface area (Å²) in [6, 6.07) is 7.20. The van der Waals surface area contributed by atoms with Crippen LogP contribution in [-0.4, -0.2) is 24.5 Å². The topological polar surface area (TPSA) is 42.4 Å². The van der Waals surface area contributed by atoms with E-state index < -0.39 is 0 Å².